The van der Waals surface area contributed by atoms with Crippen LogP contribution < -0.4 is 10.1 Å². The van der Waals surface area contributed by atoms with Gasteiger partial charge in [-0.2, -0.15) is 0 Å². The van der Waals surface area contributed by atoms with Crippen molar-refractivity contribution >= 4 is 12.4 Å². The second-order valence-electron chi connectivity index (χ2n) is 5.22. The van der Waals surface area contributed by atoms with Crippen LogP contribution >= 0.6 is 12.4 Å². The van der Waals surface area contributed by atoms with E-state index in [1.54, 1.807) is 12.1 Å². The lowest BCUT2D eigenvalue weighted by molar-refractivity contribution is 0.299. The lowest BCUT2D eigenvalue weighted by atomic mass is 10.2. The van der Waals surface area contributed by atoms with Gasteiger partial charge in [0.25, 0.3) is 0 Å². The summed E-state index contributed by atoms with van der Waals surface area (Å²) in [6.45, 7) is 5.38. The molecule has 0 radical (unpaired) electrons. The maximum absolute atomic E-state index is 13.5. The maximum atomic E-state index is 13.5. The van der Waals surface area contributed by atoms with Crippen molar-refractivity contribution in [1.29, 1.82) is 0 Å². The molecule has 2 aromatic rings. The largest absolute Gasteiger partial charge is 0.489 e. The standard InChI is InChI=1S/C18H22FNO.ClH/c1-3-14(2)20-12-15-7-6-9-17(11-15)21-13-16-8-4-5-10-18(16)19;/h4-11,14,20H,3,12-13H2,1-2H3;1H. The summed E-state index contributed by atoms with van der Waals surface area (Å²) in [6, 6.07) is 15.1. The average Bonchev–Trinajstić information content (AvgIpc) is 2.52. The molecule has 22 heavy (non-hydrogen) atoms. The van der Waals surface area contributed by atoms with Crippen molar-refractivity contribution in [2.24, 2.45) is 0 Å². The molecule has 0 saturated carbocycles. The van der Waals surface area contributed by atoms with E-state index in [0.717, 1.165) is 18.7 Å². The molecule has 1 atom stereocenters. The van der Waals surface area contributed by atoms with Gasteiger partial charge in [0, 0.05) is 18.2 Å². The maximum Gasteiger partial charge on any atom is 0.129 e. The lowest BCUT2D eigenvalue weighted by Crippen LogP contribution is -2.24. The monoisotopic (exact) mass is 323 g/mol. The Morgan fingerprint density at radius 1 is 1.14 bits per heavy atom. The zero-order valence-electron chi connectivity index (χ0n) is 13.0. The van der Waals surface area contributed by atoms with Gasteiger partial charge in [0.1, 0.15) is 18.2 Å². The van der Waals surface area contributed by atoms with Crippen molar-refractivity contribution in [2.75, 3.05) is 0 Å². The van der Waals surface area contributed by atoms with Gasteiger partial charge >= 0.3 is 0 Å². The van der Waals surface area contributed by atoms with Crippen molar-refractivity contribution < 1.29 is 9.13 Å². The highest BCUT2D eigenvalue weighted by molar-refractivity contribution is 5.85. The average molecular weight is 324 g/mol. The van der Waals surface area contributed by atoms with Gasteiger partial charge in [0.15, 0.2) is 0 Å². The summed E-state index contributed by atoms with van der Waals surface area (Å²) in [5.41, 5.74) is 1.74. The van der Waals surface area contributed by atoms with Crippen LogP contribution in [0.15, 0.2) is 48.5 Å². The number of nitrogens with one attached hydrogen (secondary N) is 1. The first kappa shape index (κ1) is 18.5. The Bertz CT molecular complexity index is 577. The minimum Gasteiger partial charge on any atom is -0.489 e. The van der Waals surface area contributed by atoms with Crippen LogP contribution in [0.4, 0.5) is 4.39 Å². The number of halogens is 2. The van der Waals surface area contributed by atoms with E-state index in [9.17, 15) is 4.39 Å². The summed E-state index contributed by atoms with van der Waals surface area (Å²) in [4.78, 5) is 0. The zero-order valence-corrected chi connectivity index (χ0v) is 13.8. The quantitative estimate of drug-likeness (QED) is 0.796. The number of hydrogen-bond acceptors (Lipinski definition) is 2. The molecule has 1 N–H and O–H groups in total. The normalized spacial score (nSPS) is 11.6. The Kier molecular flexibility index (Phi) is 7.92. The molecule has 0 aliphatic carbocycles. The van der Waals surface area contributed by atoms with Crippen molar-refractivity contribution in [2.45, 2.75) is 39.5 Å². The molecule has 0 aliphatic heterocycles. The number of ether oxygens (including phenoxy) is 1. The van der Waals surface area contributed by atoms with Gasteiger partial charge in [-0.1, -0.05) is 37.3 Å². The molecule has 0 fully saturated rings. The van der Waals surface area contributed by atoms with Gasteiger partial charge in [-0.3, -0.25) is 0 Å². The molecule has 0 saturated heterocycles. The first-order chi connectivity index (χ1) is 10.2. The molecule has 0 bridgehead atoms. The van der Waals surface area contributed by atoms with E-state index in [0.29, 0.717) is 11.6 Å². The first-order valence-corrected chi connectivity index (χ1v) is 7.37. The summed E-state index contributed by atoms with van der Waals surface area (Å²) in [5, 5.41) is 3.44. The van der Waals surface area contributed by atoms with Gasteiger partial charge in [-0.15, -0.1) is 12.4 Å². The van der Waals surface area contributed by atoms with E-state index in [2.05, 4.69) is 25.2 Å². The molecule has 0 aromatic heterocycles. The van der Waals surface area contributed by atoms with Crippen molar-refractivity contribution in [3.8, 4) is 5.75 Å². The van der Waals surface area contributed by atoms with Crippen LogP contribution in [0.25, 0.3) is 0 Å². The smallest absolute Gasteiger partial charge is 0.129 e. The third-order valence-electron chi connectivity index (χ3n) is 3.52. The van der Waals surface area contributed by atoms with E-state index in [4.69, 9.17) is 4.74 Å². The molecule has 1 unspecified atom stereocenters. The van der Waals surface area contributed by atoms with Gasteiger partial charge in [-0.25, -0.2) is 4.39 Å². The number of hydrogen-bond donors (Lipinski definition) is 1. The van der Waals surface area contributed by atoms with Crippen molar-refractivity contribution in [1.82, 2.24) is 5.32 Å². The van der Waals surface area contributed by atoms with Crippen LogP contribution in [0.1, 0.15) is 31.4 Å². The Hall–Kier alpha value is -1.58. The van der Waals surface area contributed by atoms with E-state index >= 15 is 0 Å². The Morgan fingerprint density at radius 2 is 1.91 bits per heavy atom. The Morgan fingerprint density at radius 3 is 2.64 bits per heavy atom. The number of rotatable bonds is 7. The number of benzene rings is 2. The molecule has 0 aliphatic rings. The lowest BCUT2D eigenvalue weighted by Gasteiger charge is -2.12. The summed E-state index contributed by atoms with van der Waals surface area (Å²) in [7, 11) is 0. The van der Waals surface area contributed by atoms with E-state index < -0.39 is 0 Å². The van der Waals surface area contributed by atoms with Gasteiger partial charge in [0.05, 0.1) is 0 Å². The second kappa shape index (κ2) is 9.44. The highest BCUT2D eigenvalue weighted by Gasteiger charge is 2.03. The van der Waals surface area contributed by atoms with Crippen LogP contribution in [-0.4, -0.2) is 6.04 Å². The van der Waals surface area contributed by atoms with Crippen LogP contribution in [0.3, 0.4) is 0 Å². The fraction of sp³-hybridized carbons (Fsp3) is 0.333. The zero-order chi connectivity index (χ0) is 15.1. The SMILES string of the molecule is CCC(C)NCc1cccc(OCc2ccccc2F)c1.Cl. The topological polar surface area (TPSA) is 21.3 Å². The fourth-order valence-electron chi connectivity index (χ4n) is 1.96. The van der Waals surface area contributed by atoms with Crippen LogP contribution in [-0.2, 0) is 13.2 Å². The molecule has 2 rings (SSSR count). The van der Waals surface area contributed by atoms with Crippen LogP contribution in [0.5, 0.6) is 5.75 Å². The van der Waals surface area contributed by atoms with Crippen molar-refractivity contribution in [3.05, 3.63) is 65.5 Å². The highest BCUT2D eigenvalue weighted by Crippen LogP contribution is 2.16. The molecule has 2 nitrogen and oxygen atoms in total. The van der Waals surface area contributed by atoms with E-state index in [1.807, 2.05) is 24.3 Å². The van der Waals surface area contributed by atoms with Crippen LogP contribution in [0.2, 0.25) is 0 Å². The predicted octanol–water partition coefficient (Wildman–Crippen LogP) is 4.71. The minimum absolute atomic E-state index is 0. The molecule has 0 spiro atoms. The summed E-state index contributed by atoms with van der Waals surface area (Å²) < 4.78 is 19.2. The van der Waals surface area contributed by atoms with Crippen LogP contribution in [0, 0.1) is 5.82 Å². The van der Waals surface area contributed by atoms with Gasteiger partial charge < -0.3 is 10.1 Å². The second-order valence-corrected chi connectivity index (χ2v) is 5.22. The molecule has 4 heteroatoms. The minimum atomic E-state index is -0.230. The fourth-order valence-corrected chi connectivity index (χ4v) is 1.96. The van der Waals surface area contributed by atoms with E-state index in [-0.39, 0.29) is 24.8 Å². The summed E-state index contributed by atoms with van der Waals surface area (Å²) in [5.74, 6) is 0.536. The molecular weight excluding hydrogens is 301 g/mol. The molecular formula is C18H23ClFNO. The molecule has 120 valence electrons. The van der Waals surface area contributed by atoms with Gasteiger partial charge in [-0.05, 0) is 37.1 Å². The first-order valence-electron chi connectivity index (χ1n) is 7.37. The molecule has 0 heterocycles. The Labute approximate surface area is 138 Å². The third kappa shape index (κ3) is 5.66. The predicted molar refractivity (Wildman–Crippen MR) is 91.0 cm³/mol. The Balaban J connectivity index is 0.00000242. The summed E-state index contributed by atoms with van der Waals surface area (Å²) in [6.07, 6.45) is 1.10. The van der Waals surface area contributed by atoms with Gasteiger partial charge in [0.2, 0.25) is 0 Å². The summed E-state index contributed by atoms with van der Waals surface area (Å²) >= 11 is 0. The molecule has 0 amide bonds. The van der Waals surface area contributed by atoms with E-state index in [1.165, 1.54) is 11.6 Å². The third-order valence-corrected chi connectivity index (χ3v) is 3.52. The highest BCUT2D eigenvalue weighted by atomic mass is 35.5. The molecule has 2 aromatic carbocycles. The van der Waals surface area contributed by atoms with Crippen molar-refractivity contribution in [3.63, 3.8) is 0 Å².